The summed E-state index contributed by atoms with van der Waals surface area (Å²) >= 11 is 0. The van der Waals surface area contributed by atoms with E-state index in [-0.39, 0.29) is 0 Å². The molecule has 0 unspecified atom stereocenters. The number of fused-ring (bicyclic) bond motifs is 1. The number of pyridine rings is 1. The summed E-state index contributed by atoms with van der Waals surface area (Å²) in [5, 5.41) is 1.81. The molecule has 3 heteroatoms. The molecule has 0 amide bonds. The first-order valence-corrected chi connectivity index (χ1v) is 5.41. The lowest BCUT2D eigenvalue weighted by Gasteiger charge is -2.12. The molecule has 0 spiro atoms. The smallest absolute Gasteiger partial charge is 0.0556 e. The minimum absolute atomic E-state index is 0.895. The summed E-state index contributed by atoms with van der Waals surface area (Å²) in [5.74, 6) is 5.91. The van der Waals surface area contributed by atoms with Crippen LogP contribution in [0.5, 0.6) is 0 Å². The molecule has 3 nitrogen and oxygen atoms in total. The molecule has 1 aliphatic heterocycles. The summed E-state index contributed by atoms with van der Waals surface area (Å²) in [4.78, 5) is 4.16. The van der Waals surface area contributed by atoms with Crippen LogP contribution in [-0.2, 0) is 6.42 Å². The van der Waals surface area contributed by atoms with Crippen molar-refractivity contribution in [1.29, 1.82) is 0 Å². The normalized spacial score (nSPS) is 13.9. The van der Waals surface area contributed by atoms with E-state index in [4.69, 9.17) is 5.84 Å². The standard InChI is InChI=1S/C13H13N3/c14-16-8-6-12-11(4-1-5-13(12)16)10-3-2-7-15-9-10/h1-5,7,9H,6,8,14H2. The number of rotatable bonds is 1. The Kier molecular flexibility index (Phi) is 2.11. The number of anilines is 1. The highest BCUT2D eigenvalue weighted by atomic mass is 15.4. The van der Waals surface area contributed by atoms with Gasteiger partial charge < -0.3 is 5.01 Å². The van der Waals surface area contributed by atoms with E-state index in [2.05, 4.69) is 23.2 Å². The molecule has 0 saturated carbocycles. The van der Waals surface area contributed by atoms with Crippen LogP contribution in [0.3, 0.4) is 0 Å². The van der Waals surface area contributed by atoms with Gasteiger partial charge in [0.25, 0.3) is 0 Å². The van der Waals surface area contributed by atoms with Crippen LogP contribution in [0.1, 0.15) is 5.56 Å². The lowest BCUT2D eigenvalue weighted by Crippen LogP contribution is -2.27. The number of hydrogen-bond donors (Lipinski definition) is 1. The zero-order valence-corrected chi connectivity index (χ0v) is 8.93. The third-order valence-electron chi connectivity index (χ3n) is 3.04. The van der Waals surface area contributed by atoms with Gasteiger partial charge in [-0.05, 0) is 29.7 Å². The molecule has 2 N–H and O–H groups in total. The molecule has 2 aromatic rings. The van der Waals surface area contributed by atoms with E-state index in [0.29, 0.717) is 0 Å². The van der Waals surface area contributed by atoms with Crippen LogP contribution < -0.4 is 10.9 Å². The second kappa shape index (κ2) is 3.61. The van der Waals surface area contributed by atoms with E-state index in [0.717, 1.165) is 24.2 Å². The molecule has 1 aliphatic rings. The van der Waals surface area contributed by atoms with E-state index < -0.39 is 0 Å². The number of nitrogens with zero attached hydrogens (tertiary/aromatic N) is 2. The van der Waals surface area contributed by atoms with Crippen molar-refractivity contribution in [1.82, 2.24) is 4.98 Å². The number of aromatic nitrogens is 1. The van der Waals surface area contributed by atoms with E-state index in [9.17, 15) is 0 Å². The van der Waals surface area contributed by atoms with E-state index in [1.54, 1.807) is 6.20 Å². The van der Waals surface area contributed by atoms with Crippen molar-refractivity contribution in [2.45, 2.75) is 6.42 Å². The molecule has 2 heterocycles. The number of hydrazine groups is 1. The van der Waals surface area contributed by atoms with E-state index in [1.807, 2.05) is 23.3 Å². The Morgan fingerprint density at radius 3 is 2.94 bits per heavy atom. The van der Waals surface area contributed by atoms with Crippen LogP contribution in [0.25, 0.3) is 11.1 Å². The topological polar surface area (TPSA) is 42.1 Å². The van der Waals surface area contributed by atoms with Crippen LogP contribution in [0.2, 0.25) is 0 Å². The Bertz CT molecular complexity index is 508. The van der Waals surface area contributed by atoms with Crippen LogP contribution in [0, 0.1) is 0 Å². The first-order valence-electron chi connectivity index (χ1n) is 5.41. The van der Waals surface area contributed by atoms with Gasteiger partial charge in [0, 0.05) is 24.5 Å². The van der Waals surface area contributed by atoms with Gasteiger partial charge >= 0.3 is 0 Å². The lowest BCUT2D eigenvalue weighted by molar-refractivity contribution is 0.892. The Labute approximate surface area is 94.5 Å². The maximum absolute atomic E-state index is 5.91. The highest BCUT2D eigenvalue weighted by Crippen LogP contribution is 2.34. The number of benzene rings is 1. The first kappa shape index (κ1) is 9.36. The Hall–Kier alpha value is -1.87. The summed E-state index contributed by atoms with van der Waals surface area (Å²) in [6.07, 6.45) is 4.70. The fourth-order valence-corrected chi connectivity index (χ4v) is 2.25. The van der Waals surface area contributed by atoms with Crippen molar-refractivity contribution in [3.8, 4) is 11.1 Å². The maximum Gasteiger partial charge on any atom is 0.0556 e. The Morgan fingerprint density at radius 1 is 1.19 bits per heavy atom. The molecular weight excluding hydrogens is 198 g/mol. The predicted octanol–water partition coefficient (Wildman–Crippen LogP) is 1.98. The van der Waals surface area contributed by atoms with Crippen molar-refractivity contribution < 1.29 is 0 Å². The van der Waals surface area contributed by atoms with Crippen molar-refractivity contribution in [3.63, 3.8) is 0 Å². The van der Waals surface area contributed by atoms with Crippen LogP contribution in [0.4, 0.5) is 5.69 Å². The second-order valence-corrected chi connectivity index (χ2v) is 3.99. The summed E-state index contributed by atoms with van der Waals surface area (Å²) in [6.45, 7) is 0.895. The fourth-order valence-electron chi connectivity index (χ4n) is 2.25. The molecule has 0 fully saturated rings. The second-order valence-electron chi connectivity index (χ2n) is 3.99. The molecule has 3 rings (SSSR count). The summed E-state index contributed by atoms with van der Waals surface area (Å²) in [7, 11) is 0. The minimum Gasteiger partial charge on any atom is -0.310 e. The highest BCUT2D eigenvalue weighted by molar-refractivity contribution is 5.75. The third kappa shape index (κ3) is 1.37. The largest absolute Gasteiger partial charge is 0.310 e. The Balaban J connectivity index is 2.17. The van der Waals surface area contributed by atoms with Crippen LogP contribution in [0.15, 0.2) is 42.7 Å². The molecule has 80 valence electrons. The van der Waals surface area contributed by atoms with Gasteiger partial charge in [-0.3, -0.25) is 4.98 Å². The molecule has 1 aromatic carbocycles. The number of hydrogen-bond acceptors (Lipinski definition) is 3. The van der Waals surface area contributed by atoms with Gasteiger partial charge in [-0.2, -0.15) is 0 Å². The number of nitrogens with two attached hydrogens (primary N) is 1. The maximum atomic E-state index is 5.91. The monoisotopic (exact) mass is 211 g/mol. The van der Waals surface area contributed by atoms with Gasteiger partial charge in [-0.1, -0.05) is 18.2 Å². The zero-order chi connectivity index (χ0) is 11.0. The molecule has 0 aliphatic carbocycles. The van der Waals surface area contributed by atoms with E-state index >= 15 is 0 Å². The van der Waals surface area contributed by atoms with Gasteiger partial charge in [0.1, 0.15) is 0 Å². The Morgan fingerprint density at radius 2 is 2.12 bits per heavy atom. The molecule has 0 saturated heterocycles. The fraction of sp³-hybridized carbons (Fsp3) is 0.154. The minimum atomic E-state index is 0.895. The average molecular weight is 211 g/mol. The molecular formula is C13H13N3. The van der Waals surface area contributed by atoms with Crippen molar-refractivity contribution in [2.24, 2.45) is 5.84 Å². The van der Waals surface area contributed by atoms with Gasteiger partial charge in [-0.25, -0.2) is 5.84 Å². The summed E-state index contributed by atoms with van der Waals surface area (Å²) in [5.41, 5.74) is 4.88. The van der Waals surface area contributed by atoms with E-state index in [1.165, 1.54) is 11.1 Å². The van der Waals surface area contributed by atoms with Gasteiger partial charge in [0.05, 0.1) is 5.69 Å². The quantitative estimate of drug-likeness (QED) is 0.733. The molecule has 16 heavy (non-hydrogen) atoms. The molecule has 0 bridgehead atoms. The zero-order valence-electron chi connectivity index (χ0n) is 8.93. The average Bonchev–Trinajstić information content (AvgIpc) is 2.73. The van der Waals surface area contributed by atoms with Crippen molar-refractivity contribution in [3.05, 3.63) is 48.3 Å². The third-order valence-corrected chi connectivity index (χ3v) is 3.04. The predicted molar refractivity (Wildman–Crippen MR) is 64.9 cm³/mol. The summed E-state index contributed by atoms with van der Waals surface area (Å²) < 4.78 is 0. The summed E-state index contributed by atoms with van der Waals surface area (Å²) in [6, 6.07) is 10.3. The van der Waals surface area contributed by atoms with Crippen molar-refractivity contribution >= 4 is 5.69 Å². The lowest BCUT2D eigenvalue weighted by atomic mass is 9.99. The molecule has 1 aromatic heterocycles. The SMILES string of the molecule is NN1CCc2c(-c3cccnc3)cccc21. The highest BCUT2D eigenvalue weighted by Gasteiger charge is 2.19. The van der Waals surface area contributed by atoms with Crippen LogP contribution in [-0.4, -0.2) is 11.5 Å². The first-order chi connectivity index (χ1) is 7.86. The van der Waals surface area contributed by atoms with Gasteiger partial charge in [0.2, 0.25) is 0 Å². The molecule has 0 radical (unpaired) electrons. The molecule has 0 atom stereocenters. The van der Waals surface area contributed by atoms with Gasteiger partial charge in [-0.15, -0.1) is 0 Å². The van der Waals surface area contributed by atoms with Crippen molar-refractivity contribution in [2.75, 3.05) is 11.6 Å². The van der Waals surface area contributed by atoms with Crippen LogP contribution >= 0.6 is 0 Å². The van der Waals surface area contributed by atoms with Gasteiger partial charge in [0.15, 0.2) is 0 Å².